The van der Waals surface area contributed by atoms with Crippen molar-refractivity contribution >= 4 is 40.6 Å². The van der Waals surface area contributed by atoms with Crippen LogP contribution in [0.25, 0.3) is 11.3 Å². The van der Waals surface area contributed by atoms with Gasteiger partial charge in [-0.2, -0.15) is 0 Å². The Morgan fingerprint density at radius 1 is 1.21 bits per heavy atom. The largest absolute Gasteiger partial charge is 0.393 e. The van der Waals surface area contributed by atoms with Crippen molar-refractivity contribution in [3.63, 3.8) is 0 Å². The smallest absolute Gasteiger partial charge is 0.191 e. The van der Waals surface area contributed by atoms with Gasteiger partial charge in [0.05, 0.1) is 13.2 Å². The zero-order valence-electron chi connectivity index (χ0n) is 15.5. The first-order valence-corrected chi connectivity index (χ1v) is 10.7. The Labute approximate surface area is 171 Å². The molecule has 3 heterocycles. The number of thioether (sulfide) groups is 1. The molecule has 0 atom stereocenters. The third-order valence-electron chi connectivity index (χ3n) is 4.43. The van der Waals surface area contributed by atoms with Gasteiger partial charge in [-0.1, -0.05) is 40.5 Å². The summed E-state index contributed by atoms with van der Waals surface area (Å²) in [4.78, 5) is 11.4. The molecular formula is C18H21N7OS2. The maximum atomic E-state index is 6.27. The molecule has 146 valence electrons. The first-order valence-electron chi connectivity index (χ1n) is 8.91. The van der Waals surface area contributed by atoms with Crippen LogP contribution in [0.2, 0.25) is 0 Å². The summed E-state index contributed by atoms with van der Waals surface area (Å²) >= 11 is 2.95. The SMILES string of the molecule is CNc1nc(SCc2ccc(-c3csnn3)cc2)nc(N2CCOCC2)c1N. The fourth-order valence-corrected chi connectivity index (χ4v) is 4.18. The van der Waals surface area contributed by atoms with Gasteiger partial charge in [-0.05, 0) is 17.1 Å². The predicted octanol–water partition coefficient (Wildman–Crippen LogP) is 2.75. The predicted molar refractivity (Wildman–Crippen MR) is 114 cm³/mol. The molecular weight excluding hydrogens is 394 g/mol. The molecule has 0 saturated carbocycles. The van der Waals surface area contributed by atoms with E-state index in [9.17, 15) is 0 Å². The highest BCUT2D eigenvalue weighted by Gasteiger charge is 2.19. The number of nitrogens with one attached hydrogen (secondary N) is 1. The van der Waals surface area contributed by atoms with Gasteiger partial charge in [-0.15, -0.1) is 5.10 Å². The lowest BCUT2D eigenvalue weighted by atomic mass is 10.1. The molecule has 0 unspecified atom stereocenters. The van der Waals surface area contributed by atoms with E-state index in [0.717, 1.165) is 35.9 Å². The van der Waals surface area contributed by atoms with E-state index in [1.54, 1.807) is 11.8 Å². The van der Waals surface area contributed by atoms with Crippen LogP contribution in [0.3, 0.4) is 0 Å². The Kier molecular flexibility index (Phi) is 5.89. The number of anilines is 3. The van der Waals surface area contributed by atoms with Crippen molar-refractivity contribution in [2.45, 2.75) is 10.9 Å². The number of hydrogen-bond donors (Lipinski definition) is 2. The van der Waals surface area contributed by atoms with E-state index in [1.165, 1.54) is 17.1 Å². The van der Waals surface area contributed by atoms with Gasteiger partial charge in [-0.3, -0.25) is 0 Å². The Morgan fingerprint density at radius 2 is 2.00 bits per heavy atom. The van der Waals surface area contributed by atoms with Gasteiger partial charge in [0.1, 0.15) is 11.4 Å². The van der Waals surface area contributed by atoms with Crippen LogP contribution < -0.4 is 16.0 Å². The maximum Gasteiger partial charge on any atom is 0.191 e. The molecule has 0 bridgehead atoms. The van der Waals surface area contributed by atoms with Crippen LogP contribution in [0.5, 0.6) is 0 Å². The normalized spacial score (nSPS) is 14.2. The fraction of sp³-hybridized carbons (Fsp3) is 0.333. The highest BCUT2D eigenvalue weighted by atomic mass is 32.2. The van der Waals surface area contributed by atoms with Crippen molar-refractivity contribution in [3.05, 3.63) is 35.2 Å². The second-order valence-corrected chi connectivity index (χ2v) is 7.77. The van der Waals surface area contributed by atoms with E-state index in [4.69, 9.17) is 15.5 Å². The molecule has 0 radical (unpaired) electrons. The molecule has 1 aliphatic heterocycles. The zero-order chi connectivity index (χ0) is 19.3. The second-order valence-electron chi connectivity index (χ2n) is 6.22. The zero-order valence-corrected chi connectivity index (χ0v) is 17.1. The monoisotopic (exact) mass is 415 g/mol. The van der Waals surface area contributed by atoms with Crippen molar-refractivity contribution in [2.24, 2.45) is 0 Å². The molecule has 4 rings (SSSR count). The van der Waals surface area contributed by atoms with E-state index in [2.05, 4.69) is 49.1 Å². The molecule has 1 aliphatic rings. The molecule has 1 aromatic carbocycles. The topological polar surface area (TPSA) is 102 Å². The minimum atomic E-state index is 0.579. The summed E-state index contributed by atoms with van der Waals surface area (Å²) in [6.07, 6.45) is 0. The van der Waals surface area contributed by atoms with E-state index >= 15 is 0 Å². The van der Waals surface area contributed by atoms with Crippen molar-refractivity contribution < 1.29 is 4.74 Å². The summed E-state index contributed by atoms with van der Waals surface area (Å²) in [5.41, 5.74) is 10.0. The van der Waals surface area contributed by atoms with Crippen LogP contribution >= 0.6 is 23.3 Å². The van der Waals surface area contributed by atoms with Crippen LogP contribution in [-0.4, -0.2) is 52.9 Å². The van der Waals surface area contributed by atoms with Gasteiger partial charge in [0.15, 0.2) is 16.8 Å². The van der Waals surface area contributed by atoms with Gasteiger partial charge in [0, 0.05) is 36.8 Å². The maximum absolute atomic E-state index is 6.27. The summed E-state index contributed by atoms with van der Waals surface area (Å²) in [6.45, 7) is 2.92. The van der Waals surface area contributed by atoms with Crippen molar-refractivity contribution in [1.29, 1.82) is 0 Å². The minimum Gasteiger partial charge on any atom is -0.393 e. The molecule has 3 aromatic rings. The first kappa shape index (κ1) is 18.9. The summed E-state index contributed by atoms with van der Waals surface area (Å²) < 4.78 is 9.35. The first-order chi connectivity index (χ1) is 13.7. The lowest BCUT2D eigenvalue weighted by Crippen LogP contribution is -2.37. The van der Waals surface area contributed by atoms with Gasteiger partial charge in [0.2, 0.25) is 0 Å². The standard InChI is InChI=1S/C18H21N7OS2/c1-20-16-15(19)17(25-6-8-26-9-7-25)22-18(21-16)27-10-12-2-4-13(5-3-12)14-11-28-24-23-14/h2-5,11H,6-10,19H2,1H3,(H,20,21,22). The third kappa shape index (κ3) is 4.18. The molecule has 1 saturated heterocycles. The average Bonchev–Trinajstić information content (AvgIpc) is 3.29. The van der Waals surface area contributed by atoms with E-state index in [0.29, 0.717) is 29.9 Å². The number of morpholine rings is 1. The molecule has 3 N–H and O–H groups in total. The number of nitrogen functional groups attached to an aromatic ring is 1. The van der Waals surface area contributed by atoms with E-state index < -0.39 is 0 Å². The van der Waals surface area contributed by atoms with Gasteiger partial charge >= 0.3 is 0 Å². The molecule has 0 aliphatic carbocycles. The molecule has 0 amide bonds. The van der Waals surface area contributed by atoms with Crippen LogP contribution in [0.1, 0.15) is 5.56 Å². The number of nitrogens with two attached hydrogens (primary N) is 1. The van der Waals surface area contributed by atoms with Crippen LogP contribution in [0.15, 0.2) is 34.8 Å². The van der Waals surface area contributed by atoms with Gasteiger partial charge in [-0.25, -0.2) is 9.97 Å². The summed E-state index contributed by atoms with van der Waals surface area (Å²) in [5.74, 6) is 2.20. The quantitative estimate of drug-likeness (QED) is 0.465. The highest BCUT2D eigenvalue weighted by molar-refractivity contribution is 7.98. The molecule has 1 fully saturated rings. The number of rotatable bonds is 6. The summed E-state index contributed by atoms with van der Waals surface area (Å²) in [5, 5.41) is 9.82. The Hall–Kier alpha value is -2.43. The third-order valence-corrected chi connectivity index (χ3v) is 5.85. The molecule has 8 nitrogen and oxygen atoms in total. The highest BCUT2D eigenvalue weighted by Crippen LogP contribution is 2.31. The molecule has 10 heteroatoms. The molecule has 0 spiro atoms. The second kappa shape index (κ2) is 8.72. The number of nitrogens with zero attached hydrogens (tertiary/aromatic N) is 5. The summed E-state index contributed by atoms with van der Waals surface area (Å²) in [7, 11) is 1.82. The van der Waals surface area contributed by atoms with Gasteiger partial charge in [0.25, 0.3) is 0 Å². The van der Waals surface area contributed by atoms with Crippen LogP contribution in [-0.2, 0) is 10.5 Å². The summed E-state index contributed by atoms with van der Waals surface area (Å²) in [6, 6.07) is 8.32. The van der Waals surface area contributed by atoms with Crippen molar-refractivity contribution in [3.8, 4) is 11.3 Å². The number of ether oxygens (including phenoxy) is 1. The van der Waals surface area contributed by atoms with E-state index in [-0.39, 0.29) is 0 Å². The van der Waals surface area contributed by atoms with Crippen molar-refractivity contribution in [1.82, 2.24) is 19.6 Å². The van der Waals surface area contributed by atoms with E-state index in [1.807, 2.05) is 12.4 Å². The average molecular weight is 416 g/mol. The minimum absolute atomic E-state index is 0.579. The number of aromatic nitrogens is 4. The van der Waals surface area contributed by atoms with Crippen LogP contribution in [0, 0.1) is 0 Å². The van der Waals surface area contributed by atoms with Crippen LogP contribution in [0.4, 0.5) is 17.3 Å². The molecule has 2 aromatic heterocycles. The lowest BCUT2D eigenvalue weighted by molar-refractivity contribution is 0.122. The molecule has 28 heavy (non-hydrogen) atoms. The fourth-order valence-electron chi connectivity index (χ4n) is 2.92. The van der Waals surface area contributed by atoms with Crippen molar-refractivity contribution in [2.75, 3.05) is 49.3 Å². The van der Waals surface area contributed by atoms with Gasteiger partial charge < -0.3 is 20.7 Å². The lowest BCUT2D eigenvalue weighted by Gasteiger charge is -2.29. The number of hydrogen-bond acceptors (Lipinski definition) is 10. The number of benzene rings is 1. The Balaban J connectivity index is 1.49. The Bertz CT molecular complexity index is 912. The Morgan fingerprint density at radius 3 is 2.68 bits per heavy atom.